The first-order valence-corrected chi connectivity index (χ1v) is 7.89. The SMILES string of the molecule is CCN1CCC2=NNC(c3c(C)[nH]c4ccccc34)C2C1. The van der Waals surface area contributed by atoms with Crippen LogP contribution >= 0.6 is 0 Å². The standard InChI is InChI=1S/C17H22N4/c1-3-21-9-8-15-13(10-21)17(20-19-15)16-11(2)18-14-7-5-4-6-12(14)16/h4-7,13,17-18,20H,3,8-10H2,1-2H3. The average Bonchev–Trinajstić information content (AvgIpc) is 3.06. The molecule has 2 aliphatic rings. The number of hydrazone groups is 1. The van der Waals surface area contributed by atoms with Gasteiger partial charge in [0.05, 0.1) is 6.04 Å². The molecule has 4 nitrogen and oxygen atoms in total. The van der Waals surface area contributed by atoms with Gasteiger partial charge in [-0.3, -0.25) is 0 Å². The summed E-state index contributed by atoms with van der Waals surface area (Å²) >= 11 is 0. The van der Waals surface area contributed by atoms with E-state index in [1.165, 1.54) is 27.9 Å². The third kappa shape index (κ3) is 1.97. The van der Waals surface area contributed by atoms with E-state index in [2.05, 4.69) is 58.5 Å². The predicted molar refractivity (Wildman–Crippen MR) is 86.6 cm³/mol. The van der Waals surface area contributed by atoms with Gasteiger partial charge in [-0.05, 0) is 19.5 Å². The van der Waals surface area contributed by atoms with Crippen molar-refractivity contribution in [2.75, 3.05) is 19.6 Å². The van der Waals surface area contributed by atoms with Crippen LogP contribution in [0.25, 0.3) is 10.9 Å². The number of H-pyrrole nitrogens is 1. The summed E-state index contributed by atoms with van der Waals surface area (Å²) < 4.78 is 0. The number of rotatable bonds is 2. The number of hydrogen-bond acceptors (Lipinski definition) is 3. The number of nitrogens with one attached hydrogen (secondary N) is 2. The highest BCUT2D eigenvalue weighted by Gasteiger charge is 2.38. The summed E-state index contributed by atoms with van der Waals surface area (Å²) in [5.74, 6) is 0.511. The van der Waals surface area contributed by atoms with Gasteiger partial charge in [-0.25, -0.2) is 0 Å². The summed E-state index contributed by atoms with van der Waals surface area (Å²) in [6.45, 7) is 7.81. The molecule has 2 aliphatic heterocycles. The van der Waals surface area contributed by atoms with Gasteiger partial charge in [-0.15, -0.1) is 0 Å². The lowest BCUT2D eigenvalue weighted by molar-refractivity contribution is 0.238. The highest BCUT2D eigenvalue weighted by molar-refractivity contribution is 5.92. The van der Waals surface area contributed by atoms with Crippen LogP contribution in [0.15, 0.2) is 29.4 Å². The van der Waals surface area contributed by atoms with Crippen molar-refractivity contribution in [1.29, 1.82) is 0 Å². The fourth-order valence-electron chi connectivity index (χ4n) is 3.86. The number of hydrogen-bond donors (Lipinski definition) is 2. The maximum absolute atomic E-state index is 4.64. The summed E-state index contributed by atoms with van der Waals surface area (Å²) in [5.41, 5.74) is 8.66. The average molecular weight is 282 g/mol. The summed E-state index contributed by atoms with van der Waals surface area (Å²) in [7, 11) is 0. The molecule has 1 aromatic carbocycles. The molecule has 1 aromatic heterocycles. The van der Waals surface area contributed by atoms with E-state index < -0.39 is 0 Å². The molecule has 110 valence electrons. The van der Waals surface area contributed by atoms with Crippen molar-refractivity contribution < 1.29 is 0 Å². The molecule has 21 heavy (non-hydrogen) atoms. The fourth-order valence-corrected chi connectivity index (χ4v) is 3.86. The van der Waals surface area contributed by atoms with Crippen LogP contribution < -0.4 is 5.43 Å². The number of nitrogens with zero attached hydrogens (tertiary/aromatic N) is 2. The van der Waals surface area contributed by atoms with Crippen LogP contribution in [0.5, 0.6) is 0 Å². The minimum atomic E-state index is 0.311. The van der Waals surface area contributed by atoms with Crippen LogP contribution in [-0.4, -0.2) is 35.2 Å². The highest BCUT2D eigenvalue weighted by Crippen LogP contribution is 2.37. The number of benzene rings is 1. The van der Waals surface area contributed by atoms with Gasteiger partial charge in [0.2, 0.25) is 0 Å². The molecular formula is C17H22N4. The topological polar surface area (TPSA) is 43.4 Å². The Balaban J connectivity index is 1.74. The molecule has 0 radical (unpaired) electrons. The Kier molecular flexibility index (Phi) is 3.00. The molecule has 4 heteroatoms. The number of aromatic amines is 1. The molecule has 2 unspecified atom stereocenters. The first-order chi connectivity index (χ1) is 10.3. The second kappa shape index (κ2) is 4.88. The van der Waals surface area contributed by atoms with Crippen molar-refractivity contribution in [3.63, 3.8) is 0 Å². The lowest BCUT2D eigenvalue weighted by atomic mass is 9.85. The zero-order valence-electron chi connectivity index (χ0n) is 12.7. The highest BCUT2D eigenvalue weighted by atomic mass is 15.4. The minimum absolute atomic E-state index is 0.311. The summed E-state index contributed by atoms with van der Waals surface area (Å²) in [4.78, 5) is 6.06. The molecule has 1 fully saturated rings. The monoisotopic (exact) mass is 282 g/mol. The third-order valence-corrected chi connectivity index (χ3v) is 5.02. The second-order valence-electron chi connectivity index (χ2n) is 6.17. The zero-order valence-corrected chi connectivity index (χ0v) is 12.7. The molecule has 0 amide bonds. The van der Waals surface area contributed by atoms with E-state index in [0.717, 1.165) is 26.1 Å². The van der Waals surface area contributed by atoms with Crippen LogP contribution in [0.2, 0.25) is 0 Å². The molecule has 4 rings (SSSR count). The van der Waals surface area contributed by atoms with Crippen molar-refractivity contribution in [1.82, 2.24) is 15.3 Å². The Morgan fingerprint density at radius 3 is 3.05 bits per heavy atom. The molecule has 2 aromatic rings. The summed E-state index contributed by atoms with van der Waals surface area (Å²) in [5, 5.41) is 5.97. The summed E-state index contributed by atoms with van der Waals surface area (Å²) in [6.07, 6.45) is 1.10. The quantitative estimate of drug-likeness (QED) is 0.889. The number of aromatic nitrogens is 1. The fraction of sp³-hybridized carbons (Fsp3) is 0.471. The van der Waals surface area contributed by atoms with Crippen molar-refractivity contribution in [3.05, 3.63) is 35.5 Å². The Bertz CT molecular complexity index is 700. The Morgan fingerprint density at radius 2 is 2.19 bits per heavy atom. The van der Waals surface area contributed by atoms with E-state index in [9.17, 15) is 0 Å². The maximum Gasteiger partial charge on any atom is 0.0806 e. The molecule has 0 saturated carbocycles. The van der Waals surface area contributed by atoms with E-state index in [-0.39, 0.29) is 0 Å². The minimum Gasteiger partial charge on any atom is -0.358 e. The van der Waals surface area contributed by atoms with Gasteiger partial charge in [0, 0.05) is 53.3 Å². The van der Waals surface area contributed by atoms with Crippen LogP contribution in [0, 0.1) is 12.8 Å². The molecular weight excluding hydrogens is 260 g/mol. The van der Waals surface area contributed by atoms with E-state index >= 15 is 0 Å². The van der Waals surface area contributed by atoms with Crippen molar-refractivity contribution in [2.24, 2.45) is 11.0 Å². The predicted octanol–water partition coefficient (Wildman–Crippen LogP) is 2.82. The van der Waals surface area contributed by atoms with Crippen molar-refractivity contribution in [2.45, 2.75) is 26.3 Å². The Morgan fingerprint density at radius 1 is 1.33 bits per heavy atom. The first kappa shape index (κ1) is 12.9. The van der Waals surface area contributed by atoms with Crippen LogP contribution in [0.3, 0.4) is 0 Å². The Hall–Kier alpha value is -1.81. The van der Waals surface area contributed by atoms with Crippen LogP contribution in [0.1, 0.15) is 30.6 Å². The van der Waals surface area contributed by atoms with Gasteiger partial charge in [-0.1, -0.05) is 25.1 Å². The lowest BCUT2D eigenvalue weighted by Gasteiger charge is -2.32. The van der Waals surface area contributed by atoms with Crippen molar-refractivity contribution in [3.8, 4) is 0 Å². The Labute approximate surface area is 125 Å². The van der Waals surface area contributed by atoms with E-state index in [1.807, 2.05) is 0 Å². The number of piperidine rings is 1. The van der Waals surface area contributed by atoms with Gasteiger partial charge in [0.15, 0.2) is 0 Å². The van der Waals surface area contributed by atoms with Crippen LogP contribution in [0.4, 0.5) is 0 Å². The van der Waals surface area contributed by atoms with Gasteiger partial charge < -0.3 is 15.3 Å². The van der Waals surface area contributed by atoms with Gasteiger partial charge in [-0.2, -0.15) is 5.10 Å². The van der Waals surface area contributed by atoms with Crippen molar-refractivity contribution >= 4 is 16.6 Å². The molecule has 1 saturated heterocycles. The number of aryl methyl sites for hydroxylation is 1. The molecule has 2 N–H and O–H groups in total. The number of likely N-dealkylation sites (tertiary alicyclic amines) is 1. The third-order valence-electron chi connectivity index (χ3n) is 5.02. The van der Waals surface area contributed by atoms with Crippen LogP contribution in [-0.2, 0) is 0 Å². The van der Waals surface area contributed by atoms with Gasteiger partial charge >= 0.3 is 0 Å². The maximum atomic E-state index is 4.64. The summed E-state index contributed by atoms with van der Waals surface area (Å²) in [6, 6.07) is 8.89. The lowest BCUT2D eigenvalue weighted by Crippen LogP contribution is -2.41. The number of para-hydroxylation sites is 1. The first-order valence-electron chi connectivity index (χ1n) is 7.89. The van der Waals surface area contributed by atoms with Gasteiger partial charge in [0.25, 0.3) is 0 Å². The van der Waals surface area contributed by atoms with E-state index in [4.69, 9.17) is 0 Å². The second-order valence-corrected chi connectivity index (χ2v) is 6.17. The molecule has 0 aliphatic carbocycles. The number of fused-ring (bicyclic) bond motifs is 2. The normalized spacial score (nSPS) is 25.7. The molecule has 2 atom stereocenters. The van der Waals surface area contributed by atoms with E-state index in [0.29, 0.717) is 12.0 Å². The molecule has 0 spiro atoms. The smallest absolute Gasteiger partial charge is 0.0806 e. The molecule has 0 bridgehead atoms. The van der Waals surface area contributed by atoms with Gasteiger partial charge in [0.1, 0.15) is 0 Å². The molecule has 3 heterocycles. The largest absolute Gasteiger partial charge is 0.358 e. The van der Waals surface area contributed by atoms with E-state index in [1.54, 1.807) is 0 Å². The zero-order chi connectivity index (χ0) is 14.4.